The van der Waals surface area contributed by atoms with Gasteiger partial charge in [0.25, 0.3) is 0 Å². The third-order valence-electron chi connectivity index (χ3n) is 2.78. The van der Waals surface area contributed by atoms with Crippen LogP contribution in [0, 0.1) is 0 Å². The first-order valence-corrected chi connectivity index (χ1v) is 6.30. The van der Waals surface area contributed by atoms with Crippen LogP contribution in [0.2, 0.25) is 0 Å². The number of rotatable bonds is 3. The summed E-state index contributed by atoms with van der Waals surface area (Å²) < 4.78 is 37.7. The highest BCUT2D eigenvalue weighted by Crippen LogP contribution is 2.30. The minimum Gasteiger partial charge on any atom is -0.508 e. The standard InChI is InChI=1S/C16H12F3NO2/c17-16(18,19)12-2-1-3-13(10-12)20-15(22)9-6-11-4-7-14(21)8-5-11/h1-10,21H,(H,20,22)/b9-6+. The Morgan fingerprint density at radius 2 is 1.77 bits per heavy atom. The molecule has 2 rings (SSSR count). The molecule has 22 heavy (non-hydrogen) atoms. The number of aromatic hydroxyl groups is 1. The molecule has 0 bridgehead atoms. The van der Waals surface area contributed by atoms with Crippen LogP contribution in [0.25, 0.3) is 6.08 Å². The van der Waals surface area contributed by atoms with E-state index in [1.54, 1.807) is 12.1 Å². The Hall–Kier alpha value is -2.76. The van der Waals surface area contributed by atoms with E-state index in [0.29, 0.717) is 5.56 Å². The molecule has 0 radical (unpaired) electrons. The van der Waals surface area contributed by atoms with Crippen LogP contribution in [0.1, 0.15) is 11.1 Å². The fourth-order valence-corrected chi connectivity index (χ4v) is 1.71. The number of carbonyl (C=O) groups is 1. The van der Waals surface area contributed by atoms with E-state index >= 15 is 0 Å². The monoisotopic (exact) mass is 307 g/mol. The zero-order valence-electron chi connectivity index (χ0n) is 11.3. The van der Waals surface area contributed by atoms with Gasteiger partial charge in [0.15, 0.2) is 0 Å². The van der Waals surface area contributed by atoms with Gasteiger partial charge in [-0.3, -0.25) is 4.79 Å². The summed E-state index contributed by atoms with van der Waals surface area (Å²) in [7, 11) is 0. The Morgan fingerprint density at radius 3 is 2.41 bits per heavy atom. The second-order valence-electron chi connectivity index (χ2n) is 4.49. The third-order valence-corrected chi connectivity index (χ3v) is 2.78. The van der Waals surface area contributed by atoms with Crippen LogP contribution in [0.5, 0.6) is 5.75 Å². The molecule has 0 aliphatic carbocycles. The van der Waals surface area contributed by atoms with E-state index in [1.165, 1.54) is 36.4 Å². The quantitative estimate of drug-likeness (QED) is 0.840. The van der Waals surface area contributed by atoms with Crippen molar-refractivity contribution in [2.75, 3.05) is 5.32 Å². The van der Waals surface area contributed by atoms with Crippen LogP contribution in [0.3, 0.4) is 0 Å². The van der Waals surface area contributed by atoms with Gasteiger partial charge in [0.1, 0.15) is 5.75 Å². The van der Waals surface area contributed by atoms with E-state index in [-0.39, 0.29) is 11.4 Å². The van der Waals surface area contributed by atoms with E-state index < -0.39 is 17.6 Å². The highest BCUT2D eigenvalue weighted by Gasteiger charge is 2.30. The normalized spacial score (nSPS) is 11.6. The van der Waals surface area contributed by atoms with Gasteiger partial charge in [0.05, 0.1) is 5.56 Å². The lowest BCUT2D eigenvalue weighted by Crippen LogP contribution is -2.10. The average molecular weight is 307 g/mol. The largest absolute Gasteiger partial charge is 0.508 e. The molecule has 0 heterocycles. The Bertz CT molecular complexity index is 691. The summed E-state index contributed by atoms with van der Waals surface area (Å²) in [5, 5.41) is 11.5. The number of anilines is 1. The van der Waals surface area contributed by atoms with Gasteiger partial charge < -0.3 is 10.4 Å². The maximum Gasteiger partial charge on any atom is 0.416 e. The van der Waals surface area contributed by atoms with Gasteiger partial charge in [-0.05, 0) is 42.0 Å². The van der Waals surface area contributed by atoms with Crippen LogP contribution in [-0.2, 0) is 11.0 Å². The van der Waals surface area contributed by atoms with E-state index in [9.17, 15) is 18.0 Å². The number of nitrogens with one attached hydrogen (secondary N) is 1. The number of hydrogen-bond donors (Lipinski definition) is 2. The fourth-order valence-electron chi connectivity index (χ4n) is 1.71. The van der Waals surface area contributed by atoms with Crippen LogP contribution >= 0.6 is 0 Å². The third kappa shape index (κ3) is 4.37. The Balaban J connectivity index is 2.04. The molecule has 6 heteroatoms. The highest BCUT2D eigenvalue weighted by atomic mass is 19.4. The van der Waals surface area contributed by atoms with E-state index in [0.717, 1.165) is 12.1 Å². The van der Waals surface area contributed by atoms with E-state index in [1.807, 2.05) is 0 Å². The molecule has 0 aliphatic rings. The van der Waals surface area contributed by atoms with Gasteiger partial charge in [-0.15, -0.1) is 0 Å². The van der Waals surface area contributed by atoms with Crippen molar-refractivity contribution in [3.63, 3.8) is 0 Å². The molecule has 3 nitrogen and oxygen atoms in total. The maximum atomic E-state index is 12.6. The molecule has 0 unspecified atom stereocenters. The van der Waals surface area contributed by atoms with Crippen molar-refractivity contribution in [1.82, 2.24) is 0 Å². The molecule has 0 aromatic heterocycles. The second kappa shape index (κ2) is 6.34. The summed E-state index contributed by atoms with van der Waals surface area (Å²) >= 11 is 0. The minimum absolute atomic E-state index is 0.0650. The Labute approximate surface area is 124 Å². The van der Waals surface area contributed by atoms with Crippen molar-refractivity contribution in [2.24, 2.45) is 0 Å². The number of phenolic OH excluding ortho intramolecular Hbond substituents is 1. The summed E-state index contributed by atoms with van der Waals surface area (Å²) in [5.41, 5.74) is -0.0833. The molecular formula is C16H12F3NO2. The first-order chi connectivity index (χ1) is 10.3. The van der Waals surface area contributed by atoms with Crippen LogP contribution in [0.4, 0.5) is 18.9 Å². The van der Waals surface area contributed by atoms with Gasteiger partial charge in [-0.25, -0.2) is 0 Å². The molecule has 114 valence electrons. The first kappa shape index (κ1) is 15.6. The molecule has 1 amide bonds. The number of amides is 1. The van der Waals surface area contributed by atoms with Crippen molar-refractivity contribution in [2.45, 2.75) is 6.18 Å². The molecule has 0 aliphatic heterocycles. The van der Waals surface area contributed by atoms with Gasteiger partial charge in [-0.1, -0.05) is 18.2 Å². The summed E-state index contributed by atoms with van der Waals surface area (Å²) in [6.45, 7) is 0. The summed E-state index contributed by atoms with van der Waals surface area (Å²) in [6.07, 6.45) is -1.77. The number of phenols is 1. The predicted molar refractivity (Wildman–Crippen MR) is 77.2 cm³/mol. The van der Waals surface area contributed by atoms with Crippen molar-refractivity contribution >= 4 is 17.7 Å². The van der Waals surface area contributed by atoms with Gasteiger partial charge >= 0.3 is 6.18 Å². The molecule has 0 spiro atoms. The Kier molecular flexibility index (Phi) is 4.50. The Morgan fingerprint density at radius 1 is 1.09 bits per heavy atom. The summed E-state index contributed by atoms with van der Waals surface area (Å²) in [4.78, 5) is 11.7. The predicted octanol–water partition coefficient (Wildman–Crippen LogP) is 4.06. The molecule has 2 N–H and O–H groups in total. The molecule has 0 atom stereocenters. The first-order valence-electron chi connectivity index (χ1n) is 6.30. The van der Waals surface area contributed by atoms with Crippen molar-refractivity contribution in [3.8, 4) is 5.75 Å². The lowest BCUT2D eigenvalue weighted by molar-refractivity contribution is -0.137. The highest BCUT2D eigenvalue weighted by molar-refractivity contribution is 6.01. The lowest BCUT2D eigenvalue weighted by atomic mass is 10.2. The summed E-state index contributed by atoms with van der Waals surface area (Å²) in [5.74, 6) is -0.446. The van der Waals surface area contributed by atoms with Crippen molar-refractivity contribution in [3.05, 3.63) is 65.7 Å². The number of benzene rings is 2. The van der Waals surface area contributed by atoms with Crippen LogP contribution < -0.4 is 5.32 Å². The van der Waals surface area contributed by atoms with Gasteiger partial charge in [0.2, 0.25) is 5.91 Å². The topological polar surface area (TPSA) is 49.3 Å². The second-order valence-corrected chi connectivity index (χ2v) is 4.49. The van der Waals surface area contributed by atoms with Crippen molar-refractivity contribution in [1.29, 1.82) is 0 Å². The number of hydrogen-bond acceptors (Lipinski definition) is 2. The zero-order chi connectivity index (χ0) is 16.2. The van der Waals surface area contributed by atoms with Crippen LogP contribution in [0.15, 0.2) is 54.6 Å². The molecule has 2 aromatic rings. The van der Waals surface area contributed by atoms with Gasteiger partial charge in [-0.2, -0.15) is 13.2 Å². The molecule has 2 aromatic carbocycles. The smallest absolute Gasteiger partial charge is 0.416 e. The van der Waals surface area contributed by atoms with E-state index in [4.69, 9.17) is 5.11 Å². The minimum atomic E-state index is -4.46. The SMILES string of the molecule is O=C(/C=C/c1ccc(O)cc1)Nc1cccc(C(F)(F)F)c1. The molecule has 0 saturated carbocycles. The van der Waals surface area contributed by atoms with Crippen molar-refractivity contribution < 1.29 is 23.1 Å². The lowest BCUT2D eigenvalue weighted by Gasteiger charge is -2.08. The summed E-state index contributed by atoms with van der Waals surface area (Å²) in [6, 6.07) is 10.5. The molecule has 0 fully saturated rings. The number of carbonyl (C=O) groups excluding carboxylic acids is 1. The van der Waals surface area contributed by atoms with E-state index in [2.05, 4.69) is 5.32 Å². The fraction of sp³-hybridized carbons (Fsp3) is 0.0625. The average Bonchev–Trinajstić information content (AvgIpc) is 2.46. The van der Waals surface area contributed by atoms with Gasteiger partial charge in [0, 0.05) is 11.8 Å². The zero-order valence-corrected chi connectivity index (χ0v) is 11.3. The molecular weight excluding hydrogens is 295 g/mol. The maximum absolute atomic E-state index is 12.6. The number of alkyl halides is 3. The van der Waals surface area contributed by atoms with Crippen LogP contribution in [-0.4, -0.2) is 11.0 Å². The molecule has 0 saturated heterocycles. The number of halogens is 3.